The Hall–Kier alpha value is -0.560. The molecule has 0 saturated carbocycles. The summed E-state index contributed by atoms with van der Waals surface area (Å²) in [5.41, 5.74) is -8.39. The molecule has 13 heteroatoms. The van der Waals surface area contributed by atoms with Gasteiger partial charge in [0.15, 0.2) is 0 Å². The van der Waals surface area contributed by atoms with Crippen molar-refractivity contribution in [2.75, 3.05) is 0 Å². The van der Waals surface area contributed by atoms with Gasteiger partial charge in [-0.05, 0) is 0 Å². The van der Waals surface area contributed by atoms with Crippen molar-refractivity contribution in [3.05, 3.63) is 0 Å². The summed E-state index contributed by atoms with van der Waals surface area (Å²) >= 11 is 0. The van der Waals surface area contributed by atoms with Gasteiger partial charge in [0, 0.05) is 0 Å². The summed E-state index contributed by atoms with van der Waals surface area (Å²) in [5, 5.41) is 0. The number of alkyl halides is 6. The normalized spacial score (nSPS) is 15.5. The topological polar surface area (TPSA) is 94.3 Å². The van der Waals surface area contributed by atoms with Gasteiger partial charge in [-0.15, -0.1) is 0 Å². The fraction of sp³-hybridized carbons (Fsp3) is 1.00. The third-order valence-electron chi connectivity index (χ3n) is 1.26. The highest BCUT2D eigenvalue weighted by Crippen LogP contribution is 2.33. The molecule has 98 valence electrons. The molecule has 2 N–H and O–H groups in total. The molecule has 0 aromatic heterocycles. The maximum atomic E-state index is 11.7. The number of sulfone groups is 2. The molecule has 0 bridgehead atoms. The van der Waals surface area contributed by atoms with E-state index in [2.05, 4.69) is 5.73 Å². The van der Waals surface area contributed by atoms with Crippen LogP contribution in [0.4, 0.5) is 26.3 Å². The van der Waals surface area contributed by atoms with Crippen LogP contribution >= 0.6 is 0 Å². The fourth-order valence-corrected chi connectivity index (χ4v) is 2.95. The Morgan fingerprint density at radius 2 is 0.938 bits per heavy atom. The molecular weight excluding hydrogens is 292 g/mol. The maximum absolute atomic E-state index is 11.7. The Morgan fingerprint density at radius 1 is 0.750 bits per heavy atom. The lowest BCUT2D eigenvalue weighted by molar-refractivity contribution is -0.0470. The van der Waals surface area contributed by atoms with Gasteiger partial charge in [-0.1, -0.05) is 0 Å². The van der Waals surface area contributed by atoms with Gasteiger partial charge in [-0.25, -0.2) is 16.8 Å². The fourth-order valence-electron chi connectivity index (χ4n) is 0.430. The Bertz CT molecular complexity index is 413. The van der Waals surface area contributed by atoms with Crippen LogP contribution in [0.5, 0.6) is 0 Å². The van der Waals surface area contributed by atoms with Crippen LogP contribution in [0.1, 0.15) is 0 Å². The van der Waals surface area contributed by atoms with E-state index in [1.165, 1.54) is 0 Å². The van der Waals surface area contributed by atoms with E-state index in [1.807, 2.05) is 0 Å². The monoisotopic (exact) mass is 295 g/mol. The van der Waals surface area contributed by atoms with Gasteiger partial charge in [-0.3, -0.25) is 0 Å². The smallest absolute Gasteiger partial charge is 0.302 e. The van der Waals surface area contributed by atoms with Crippen LogP contribution < -0.4 is 5.73 Å². The van der Waals surface area contributed by atoms with Gasteiger partial charge in [0.05, 0.1) is 0 Å². The van der Waals surface area contributed by atoms with Gasteiger partial charge < -0.3 is 5.73 Å². The van der Waals surface area contributed by atoms with Crippen molar-refractivity contribution in [1.29, 1.82) is 0 Å². The first-order valence-corrected chi connectivity index (χ1v) is 6.11. The van der Waals surface area contributed by atoms with Crippen molar-refractivity contribution >= 4 is 19.7 Å². The molecule has 0 aliphatic heterocycles. The van der Waals surface area contributed by atoms with Gasteiger partial charge in [0.1, 0.15) is 0 Å². The van der Waals surface area contributed by atoms with Crippen molar-refractivity contribution in [1.82, 2.24) is 0 Å². The van der Waals surface area contributed by atoms with Crippen LogP contribution in [0, 0.1) is 0 Å². The van der Waals surface area contributed by atoms with Crippen molar-refractivity contribution in [3.63, 3.8) is 0 Å². The number of nitrogens with two attached hydrogens (primary N) is 1. The molecule has 0 fully saturated rings. The van der Waals surface area contributed by atoms with E-state index in [0.717, 1.165) is 0 Å². The van der Waals surface area contributed by atoms with Crippen molar-refractivity contribution in [3.8, 4) is 0 Å². The maximum Gasteiger partial charge on any atom is 0.499 e. The molecule has 0 spiro atoms. The predicted octanol–water partition coefficient (Wildman–Crippen LogP) is 0.0979. The molecule has 0 saturated heterocycles. The predicted molar refractivity (Wildman–Crippen MR) is 37.9 cm³/mol. The third-order valence-corrected chi connectivity index (χ3v) is 5.29. The molecular formula is C3H3F6NO4S2. The van der Waals surface area contributed by atoms with Gasteiger partial charge in [0.25, 0.3) is 19.7 Å². The molecule has 0 atom stereocenters. The lowest BCUT2D eigenvalue weighted by Gasteiger charge is -2.16. The second-order valence-corrected chi connectivity index (χ2v) is 6.77. The summed E-state index contributed by atoms with van der Waals surface area (Å²) in [6, 6.07) is 0. The van der Waals surface area contributed by atoms with Crippen LogP contribution in [0.15, 0.2) is 0 Å². The Balaban J connectivity index is 5.70. The second-order valence-electron chi connectivity index (χ2n) is 2.35. The summed E-state index contributed by atoms with van der Waals surface area (Å²) in [6.45, 7) is 0. The minimum absolute atomic E-state index is 3.99. The van der Waals surface area contributed by atoms with Crippen LogP contribution in [0.3, 0.4) is 0 Å². The Morgan fingerprint density at radius 3 is 1.06 bits per heavy atom. The zero-order valence-corrected chi connectivity index (χ0v) is 8.50. The summed E-state index contributed by atoms with van der Waals surface area (Å²) in [5.74, 6) is 0. The number of rotatable bonds is 2. The standard InChI is InChI=1S/C3H3F6NO4S2/c4-2(5,6)15(11,12)1(10)16(13,14)3(7,8)9/h1H,10H2. The van der Waals surface area contributed by atoms with E-state index in [-0.39, 0.29) is 0 Å². The first-order valence-electron chi connectivity index (χ1n) is 3.01. The molecule has 0 aliphatic rings. The third kappa shape index (κ3) is 2.40. The second kappa shape index (κ2) is 3.73. The molecule has 0 rings (SSSR count). The van der Waals surface area contributed by atoms with Crippen molar-refractivity contribution in [2.24, 2.45) is 5.73 Å². The van der Waals surface area contributed by atoms with E-state index in [4.69, 9.17) is 0 Å². The van der Waals surface area contributed by atoms with E-state index in [0.29, 0.717) is 0 Å². The summed E-state index contributed by atoms with van der Waals surface area (Å²) in [7, 11) is -13.3. The lowest BCUT2D eigenvalue weighted by Crippen LogP contribution is -2.49. The van der Waals surface area contributed by atoms with Crippen molar-refractivity contribution in [2.45, 2.75) is 15.7 Å². The highest BCUT2D eigenvalue weighted by Gasteiger charge is 2.61. The Kier molecular flexibility index (Phi) is 3.60. The minimum Gasteiger partial charge on any atom is -0.302 e. The number of halogens is 6. The zero-order chi connectivity index (χ0) is 13.6. The molecule has 16 heavy (non-hydrogen) atoms. The first-order chi connectivity index (χ1) is 6.65. The average molecular weight is 295 g/mol. The summed E-state index contributed by atoms with van der Waals surface area (Å²) in [4.78, 5) is 0. The van der Waals surface area contributed by atoms with Crippen LogP contribution in [-0.4, -0.2) is 32.6 Å². The van der Waals surface area contributed by atoms with E-state index in [1.54, 1.807) is 0 Å². The molecule has 0 aromatic carbocycles. The van der Waals surface area contributed by atoms with Gasteiger partial charge in [0.2, 0.25) is 4.71 Å². The average Bonchev–Trinajstić information content (AvgIpc) is 1.98. The largest absolute Gasteiger partial charge is 0.499 e. The van der Waals surface area contributed by atoms with Crippen LogP contribution in [-0.2, 0) is 19.7 Å². The van der Waals surface area contributed by atoms with Crippen LogP contribution in [0.2, 0.25) is 0 Å². The minimum atomic E-state index is -6.65. The molecule has 0 heterocycles. The van der Waals surface area contributed by atoms with E-state index in [9.17, 15) is 43.2 Å². The molecule has 0 unspecified atom stereocenters. The first kappa shape index (κ1) is 15.4. The van der Waals surface area contributed by atoms with Gasteiger partial charge in [-0.2, -0.15) is 26.3 Å². The van der Waals surface area contributed by atoms with Gasteiger partial charge >= 0.3 is 11.0 Å². The molecule has 0 aliphatic carbocycles. The Labute approximate surface area is 85.1 Å². The van der Waals surface area contributed by atoms with Crippen molar-refractivity contribution < 1.29 is 43.2 Å². The molecule has 0 amide bonds. The molecule has 0 aromatic rings. The number of hydrogen-bond acceptors (Lipinski definition) is 5. The molecule has 0 radical (unpaired) electrons. The molecule has 5 nitrogen and oxygen atoms in total. The van der Waals surface area contributed by atoms with E-state index < -0.39 is 35.4 Å². The highest BCUT2D eigenvalue weighted by molar-refractivity contribution is 8.09. The number of hydrogen-bond donors (Lipinski definition) is 1. The quantitative estimate of drug-likeness (QED) is 0.729. The summed E-state index contributed by atoms with van der Waals surface area (Å²) in [6.07, 6.45) is 0. The highest BCUT2D eigenvalue weighted by atomic mass is 32.3. The van der Waals surface area contributed by atoms with E-state index >= 15 is 0 Å². The van der Waals surface area contributed by atoms with Crippen LogP contribution in [0.25, 0.3) is 0 Å². The SMILES string of the molecule is NC(S(=O)(=O)C(F)(F)F)S(=O)(=O)C(F)(F)F. The summed E-state index contributed by atoms with van der Waals surface area (Å²) < 4.78 is 107. The lowest BCUT2D eigenvalue weighted by atomic mass is 11.5. The zero-order valence-electron chi connectivity index (χ0n) is 6.87.